The topological polar surface area (TPSA) is 41.9 Å². The fourth-order valence-corrected chi connectivity index (χ4v) is 2.56. The molecule has 0 saturated carbocycles. The van der Waals surface area contributed by atoms with E-state index in [4.69, 9.17) is 12.2 Å². The highest BCUT2D eigenvalue weighted by Crippen LogP contribution is 2.15. The molecule has 1 heterocycles. The number of nitrogens with zero attached hydrogens (tertiary/aromatic N) is 2. The SMILES string of the molecule is CCc1ccccc1NC(=S)NCCCn1cc(Br)cn1. The highest BCUT2D eigenvalue weighted by molar-refractivity contribution is 9.10. The van der Waals surface area contributed by atoms with Crippen molar-refractivity contribution in [3.63, 3.8) is 0 Å². The van der Waals surface area contributed by atoms with Crippen molar-refractivity contribution in [1.82, 2.24) is 15.1 Å². The van der Waals surface area contributed by atoms with Crippen LogP contribution in [0.3, 0.4) is 0 Å². The molecular weight excluding hydrogens is 348 g/mol. The molecule has 21 heavy (non-hydrogen) atoms. The van der Waals surface area contributed by atoms with Gasteiger partial charge in [-0.3, -0.25) is 4.68 Å². The van der Waals surface area contributed by atoms with Crippen LogP contribution in [0, 0.1) is 0 Å². The molecule has 0 unspecified atom stereocenters. The molecule has 0 aliphatic heterocycles. The van der Waals surface area contributed by atoms with Gasteiger partial charge in [0.15, 0.2) is 5.11 Å². The van der Waals surface area contributed by atoms with E-state index in [1.165, 1.54) is 5.56 Å². The maximum Gasteiger partial charge on any atom is 0.170 e. The molecule has 1 aromatic carbocycles. The molecule has 2 rings (SSSR count). The van der Waals surface area contributed by atoms with Crippen LogP contribution in [0.4, 0.5) is 5.69 Å². The zero-order valence-corrected chi connectivity index (χ0v) is 14.4. The van der Waals surface area contributed by atoms with Crippen LogP contribution in [0.15, 0.2) is 41.1 Å². The minimum absolute atomic E-state index is 0.664. The van der Waals surface area contributed by atoms with Gasteiger partial charge in [0.1, 0.15) is 0 Å². The number of nitrogens with one attached hydrogen (secondary N) is 2. The normalized spacial score (nSPS) is 10.4. The average molecular weight is 367 g/mol. The molecule has 0 amide bonds. The summed E-state index contributed by atoms with van der Waals surface area (Å²) >= 11 is 8.71. The monoisotopic (exact) mass is 366 g/mol. The number of aromatic nitrogens is 2. The third kappa shape index (κ3) is 5.13. The highest BCUT2D eigenvalue weighted by atomic mass is 79.9. The standard InChI is InChI=1S/C15H19BrN4S/c1-2-12-6-3-4-7-14(12)19-15(21)17-8-5-9-20-11-13(16)10-18-20/h3-4,6-7,10-11H,2,5,8-9H2,1H3,(H2,17,19,21). The summed E-state index contributed by atoms with van der Waals surface area (Å²) in [7, 11) is 0. The van der Waals surface area contributed by atoms with E-state index in [1.807, 2.05) is 29.1 Å². The molecule has 0 fully saturated rings. The summed E-state index contributed by atoms with van der Waals surface area (Å²) in [5, 5.41) is 11.4. The number of aryl methyl sites for hydroxylation is 2. The summed E-state index contributed by atoms with van der Waals surface area (Å²) in [5.41, 5.74) is 2.34. The molecule has 1 aromatic heterocycles. The van der Waals surface area contributed by atoms with Gasteiger partial charge in [0.25, 0.3) is 0 Å². The van der Waals surface area contributed by atoms with Gasteiger partial charge in [-0.05, 0) is 52.6 Å². The van der Waals surface area contributed by atoms with Crippen LogP contribution in [-0.2, 0) is 13.0 Å². The lowest BCUT2D eigenvalue weighted by Crippen LogP contribution is -2.30. The van der Waals surface area contributed by atoms with E-state index in [0.717, 1.165) is 36.1 Å². The van der Waals surface area contributed by atoms with E-state index in [1.54, 1.807) is 6.20 Å². The quantitative estimate of drug-likeness (QED) is 0.605. The van der Waals surface area contributed by atoms with Gasteiger partial charge in [0.05, 0.1) is 10.7 Å². The van der Waals surface area contributed by atoms with Crippen molar-refractivity contribution in [3.05, 3.63) is 46.7 Å². The molecule has 0 saturated heterocycles. The van der Waals surface area contributed by atoms with Crippen molar-refractivity contribution in [2.75, 3.05) is 11.9 Å². The van der Waals surface area contributed by atoms with Crippen LogP contribution < -0.4 is 10.6 Å². The largest absolute Gasteiger partial charge is 0.362 e. The first-order valence-corrected chi connectivity index (χ1v) is 8.20. The first kappa shape index (κ1) is 16.0. The number of benzene rings is 1. The minimum Gasteiger partial charge on any atom is -0.362 e. The number of rotatable bonds is 6. The van der Waals surface area contributed by atoms with E-state index in [2.05, 4.69) is 44.7 Å². The van der Waals surface area contributed by atoms with Crippen LogP contribution in [0.25, 0.3) is 0 Å². The van der Waals surface area contributed by atoms with Crippen molar-refractivity contribution in [1.29, 1.82) is 0 Å². The first-order chi connectivity index (χ1) is 10.2. The molecule has 112 valence electrons. The van der Waals surface area contributed by atoms with Crippen LogP contribution in [0.2, 0.25) is 0 Å². The van der Waals surface area contributed by atoms with Crippen LogP contribution in [0.1, 0.15) is 18.9 Å². The van der Waals surface area contributed by atoms with Crippen molar-refractivity contribution >= 4 is 38.9 Å². The van der Waals surface area contributed by atoms with Crippen molar-refractivity contribution in [2.45, 2.75) is 26.3 Å². The van der Waals surface area contributed by atoms with Crippen LogP contribution >= 0.6 is 28.1 Å². The number of anilines is 1. The van der Waals surface area contributed by atoms with E-state index in [9.17, 15) is 0 Å². The Morgan fingerprint density at radius 3 is 2.90 bits per heavy atom. The second-order valence-electron chi connectivity index (χ2n) is 4.67. The molecule has 0 radical (unpaired) electrons. The van der Waals surface area contributed by atoms with Gasteiger partial charge in [0, 0.05) is 25.0 Å². The molecular formula is C15H19BrN4S. The summed E-state index contributed by atoms with van der Waals surface area (Å²) in [4.78, 5) is 0. The second-order valence-corrected chi connectivity index (χ2v) is 5.99. The molecule has 0 atom stereocenters. The summed E-state index contributed by atoms with van der Waals surface area (Å²) in [6, 6.07) is 8.22. The van der Waals surface area contributed by atoms with Gasteiger partial charge in [0.2, 0.25) is 0 Å². The maximum atomic E-state index is 5.33. The van der Waals surface area contributed by atoms with Gasteiger partial charge in [-0.2, -0.15) is 5.10 Å². The molecule has 2 aromatic rings. The number of hydrogen-bond donors (Lipinski definition) is 2. The van der Waals surface area contributed by atoms with Crippen molar-refractivity contribution in [3.8, 4) is 0 Å². The lowest BCUT2D eigenvalue weighted by Gasteiger charge is -2.13. The lowest BCUT2D eigenvalue weighted by molar-refractivity contribution is 0.573. The van der Waals surface area contributed by atoms with Crippen molar-refractivity contribution < 1.29 is 0 Å². The zero-order valence-electron chi connectivity index (χ0n) is 12.0. The lowest BCUT2D eigenvalue weighted by atomic mass is 10.1. The Kier molecular flexibility index (Phi) is 6.20. The van der Waals surface area contributed by atoms with Crippen molar-refractivity contribution in [2.24, 2.45) is 0 Å². The van der Waals surface area contributed by atoms with Gasteiger partial charge >= 0.3 is 0 Å². The Bertz CT molecular complexity index is 597. The van der Waals surface area contributed by atoms with E-state index >= 15 is 0 Å². The summed E-state index contributed by atoms with van der Waals surface area (Å²) in [6.45, 7) is 3.82. The Balaban J connectivity index is 1.72. The second kappa shape index (κ2) is 8.14. The predicted molar refractivity (Wildman–Crippen MR) is 94.6 cm³/mol. The van der Waals surface area contributed by atoms with Gasteiger partial charge in [-0.1, -0.05) is 25.1 Å². The fourth-order valence-electron chi connectivity index (χ4n) is 2.02. The minimum atomic E-state index is 0.664. The molecule has 0 spiro atoms. The number of hydrogen-bond acceptors (Lipinski definition) is 2. The number of para-hydroxylation sites is 1. The molecule has 0 aliphatic carbocycles. The first-order valence-electron chi connectivity index (χ1n) is 6.99. The van der Waals surface area contributed by atoms with E-state index < -0.39 is 0 Å². The number of halogens is 1. The summed E-state index contributed by atoms with van der Waals surface area (Å²) in [6.07, 6.45) is 5.71. The molecule has 2 N–H and O–H groups in total. The maximum absolute atomic E-state index is 5.33. The van der Waals surface area contributed by atoms with Gasteiger partial charge in [-0.25, -0.2) is 0 Å². The Labute approximate surface area is 139 Å². The van der Waals surface area contributed by atoms with E-state index in [0.29, 0.717) is 5.11 Å². The fraction of sp³-hybridized carbons (Fsp3) is 0.333. The Morgan fingerprint density at radius 2 is 2.19 bits per heavy atom. The number of thiocarbonyl (C=S) groups is 1. The van der Waals surface area contributed by atoms with Gasteiger partial charge in [-0.15, -0.1) is 0 Å². The predicted octanol–water partition coefficient (Wildman–Crippen LogP) is 3.58. The Hall–Kier alpha value is -1.40. The van der Waals surface area contributed by atoms with Gasteiger partial charge < -0.3 is 10.6 Å². The third-order valence-corrected chi connectivity index (χ3v) is 3.75. The van der Waals surface area contributed by atoms with E-state index in [-0.39, 0.29) is 0 Å². The smallest absolute Gasteiger partial charge is 0.170 e. The average Bonchev–Trinajstić information content (AvgIpc) is 2.90. The third-order valence-electron chi connectivity index (χ3n) is 3.10. The summed E-state index contributed by atoms with van der Waals surface area (Å²) < 4.78 is 2.91. The van der Waals surface area contributed by atoms with Crippen LogP contribution in [0.5, 0.6) is 0 Å². The molecule has 6 heteroatoms. The molecule has 4 nitrogen and oxygen atoms in total. The summed E-state index contributed by atoms with van der Waals surface area (Å²) in [5.74, 6) is 0. The molecule has 0 bridgehead atoms. The zero-order chi connectivity index (χ0) is 15.1. The molecule has 0 aliphatic rings. The Morgan fingerprint density at radius 1 is 1.38 bits per heavy atom. The van der Waals surface area contributed by atoms with Crippen LogP contribution in [-0.4, -0.2) is 21.4 Å². The highest BCUT2D eigenvalue weighted by Gasteiger charge is 2.02.